The maximum absolute atomic E-state index is 12.0. The molecule has 7 heteroatoms. The second-order valence-electron chi connectivity index (χ2n) is 4.23. The average molecular weight is 304 g/mol. The molecule has 0 fully saturated rings. The minimum Gasteiger partial charge on any atom is -0.510 e. The van der Waals surface area contributed by atoms with E-state index in [0.29, 0.717) is 16.9 Å². The van der Waals surface area contributed by atoms with Gasteiger partial charge in [0.1, 0.15) is 11.5 Å². The van der Waals surface area contributed by atoms with Crippen molar-refractivity contribution in [3.05, 3.63) is 41.2 Å². The number of carbonyl (C=O) groups excluding carboxylic acids is 1. The number of hydrogen-bond acceptors (Lipinski definition) is 4. The van der Waals surface area contributed by atoms with Gasteiger partial charge in [-0.05, 0) is 24.6 Å². The summed E-state index contributed by atoms with van der Waals surface area (Å²) < 4.78 is 39.9. The SMILES string of the molecule is CC(=O)C1=C(O)C(c2ccc(OC(F)(F)F)cc2)SC1. The zero-order valence-electron chi connectivity index (χ0n) is 10.4. The summed E-state index contributed by atoms with van der Waals surface area (Å²) in [5, 5.41) is 9.53. The maximum Gasteiger partial charge on any atom is 0.573 e. The highest BCUT2D eigenvalue weighted by Gasteiger charge is 2.32. The van der Waals surface area contributed by atoms with Gasteiger partial charge in [0.2, 0.25) is 0 Å². The third kappa shape index (κ3) is 3.27. The Bertz CT molecular complexity index is 549. The van der Waals surface area contributed by atoms with Gasteiger partial charge in [0.05, 0.1) is 5.25 Å². The first-order valence-electron chi connectivity index (χ1n) is 5.68. The summed E-state index contributed by atoms with van der Waals surface area (Å²) in [6.07, 6.45) is -4.73. The van der Waals surface area contributed by atoms with Gasteiger partial charge in [0.25, 0.3) is 0 Å². The van der Waals surface area contributed by atoms with Crippen molar-refractivity contribution in [3.63, 3.8) is 0 Å². The largest absolute Gasteiger partial charge is 0.573 e. The summed E-state index contributed by atoms with van der Waals surface area (Å²) in [5.74, 6) is -0.145. The molecular formula is C13H11F3O3S. The predicted octanol–water partition coefficient (Wildman–Crippen LogP) is 3.77. The normalized spacial score (nSPS) is 19.3. The molecule has 0 saturated heterocycles. The second-order valence-corrected chi connectivity index (χ2v) is 5.32. The van der Waals surface area contributed by atoms with E-state index < -0.39 is 11.6 Å². The molecule has 0 aromatic heterocycles. The fourth-order valence-electron chi connectivity index (χ4n) is 1.86. The van der Waals surface area contributed by atoms with E-state index in [4.69, 9.17) is 0 Å². The monoisotopic (exact) mass is 304 g/mol. The molecule has 2 rings (SSSR count). The number of carbonyl (C=O) groups is 1. The zero-order chi connectivity index (χ0) is 14.9. The average Bonchev–Trinajstić information content (AvgIpc) is 2.70. The number of thioether (sulfide) groups is 1. The van der Waals surface area contributed by atoms with Gasteiger partial charge in [0.15, 0.2) is 5.78 Å². The Morgan fingerprint density at radius 3 is 2.40 bits per heavy atom. The smallest absolute Gasteiger partial charge is 0.510 e. The molecule has 3 nitrogen and oxygen atoms in total. The van der Waals surface area contributed by atoms with Crippen molar-refractivity contribution in [2.24, 2.45) is 0 Å². The standard InChI is InChI=1S/C13H11F3O3S/c1-7(17)10-6-20-12(11(10)18)8-2-4-9(5-3-8)19-13(14,15)16/h2-5,12,18H,6H2,1H3. The van der Waals surface area contributed by atoms with Crippen LogP contribution in [0, 0.1) is 0 Å². The number of ether oxygens (including phenoxy) is 1. The van der Waals surface area contributed by atoms with E-state index in [-0.39, 0.29) is 17.3 Å². The maximum atomic E-state index is 12.0. The molecule has 1 heterocycles. The van der Waals surface area contributed by atoms with E-state index in [1.807, 2.05) is 0 Å². The molecule has 1 aliphatic heterocycles. The van der Waals surface area contributed by atoms with Crippen LogP contribution in [-0.4, -0.2) is 23.0 Å². The van der Waals surface area contributed by atoms with Gasteiger partial charge in [-0.2, -0.15) is 0 Å². The topological polar surface area (TPSA) is 46.5 Å². The quantitative estimate of drug-likeness (QED) is 0.923. The number of Topliss-reactive ketones (excluding diaryl/α,β-unsaturated/α-hetero) is 1. The summed E-state index contributed by atoms with van der Waals surface area (Å²) in [7, 11) is 0. The van der Waals surface area contributed by atoms with Crippen LogP contribution in [0.15, 0.2) is 35.6 Å². The number of aliphatic hydroxyl groups excluding tert-OH is 1. The van der Waals surface area contributed by atoms with Crippen molar-refractivity contribution in [1.29, 1.82) is 0 Å². The van der Waals surface area contributed by atoms with Crippen LogP contribution in [0.4, 0.5) is 13.2 Å². The van der Waals surface area contributed by atoms with Crippen molar-refractivity contribution in [2.45, 2.75) is 18.5 Å². The van der Waals surface area contributed by atoms with Gasteiger partial charge in [-0.15, -0.1) is 24.9 Å². The molecule has 1 aromatic rings. The van der Waals surface area contributed by atoms with E-state index in [9.17, 15) is 23.1 Å². The van der Waals surface area contributed by atoms with E-state index in [2.05, 4.69) is 4.74 Å². The molecule has 0 amide bonds. The molecule has 0 saturated carbocycles. The molecule has 0 spiro atoms. The van der Waals surface area contributed by atoms with E-state index in [1.54, 1.807) is 0 Å². The van der Waals surface area contributed by atoms with Crippen LogP contribution in [-0.2, 0) is 4.79 Å². The van der Waals surface area contributed by atoms with Crippen LogP contribution in [0.5, 0.6) is 5.75 Å². The van der Waals surface area contributed by atoms with Crippen LogP contribution < -0.4 is 4.74 Å². The second kappa shape index (κ2) is 5.40. The number of rotatable bonds is 3. The molecule has 1 aliphatic rings. The van der Waals surface area contributed by atoms with Gasteiger partial charge in [0, 0.05) is 11.3 Å². The summed E-state index contributed by atoms with van der Waals surface area (Å²) >= 11 is 1.35. The lowest BCUT2D eigenvalue weighted by atomic mass is 10.1. The van der Waals surface area contributed by atoms with Crippen molar-refractivity contribution in [2.75, 3.05) is 5.75 Å². The molecule has 1 aromatic carbocycles. The minimum absolute atomic E-state index is 0.0213. The van der Waals surface area contributed by atoms with Crippen LogP contribution in [0.25, 0.3) is 0 Å². The third-order valence-corrected chi connectivity index (χ3v) is 4.08. The predicted molar refractivity (Wildman–Crippen MR) is 68.7 cm³/mol. The lowest BCUT2D eigenvalue weighted by Crippen LogP contribution is -2.17. The number of ketones is 1. The van der Waals surface area contributed by atoms with E-state index >= 15 is 0 Å². The fraction of sp³-hybridized carbons (Fsp3) is 0.308. The molecule has 20 heavy (non-hydrogen) atoms. The Morgan fingerprint density at radius 2 is 1.95 bits per heavy atom. The molecular weight excluding hydrogens is 293 g/mol. The zero-order valence-corrected chi connectivity index (χ0v) is 11.2. The minimum atomic E-state index is -4.73. The third-order valence-electron chi connectivity index (χ3n) is 2.79. The van der Waals surface area contributed by atoms with Crippen molar-refractivity contribution in [3.8, 4) is 5.75 Å². The molecule has 1 atom stereocenters. The summed E-state index contributed by atoms with van der Waals surface area (Å²) in [4.78, 5) is 11.3. The molecule has 0 radical (unpaired) electrons. The van der Waals surface area contributed by atoms with Crippen LogP contribution in [0.3, 0.4) is 0 Å². The molecule has 0 aliphatic carbocycles. The number of benzene rings is 1. The molecule has 0 bridgehead atoms. The Morgan fingerprint density at radius 1 is 1.35 bits per heavy atom. The van der Waals surface area contributed by atoms with E-state index in [0.717, 1.165) is 0 Å². The van der Waals surface area contributed by atoms with Crippen molar-refractivity contribution < 1.29 is 27.8 Å². The Hall–Kier alpha value is -1.63. The summed E-state index contributed by atoms with van der Waals surface area (Å²) in [5.41, 5.74) is 0.980. The Labute approximate surface area is 117 Å². The van der Waals surface area contributed by atoms with Gasteiger partial charge in [-0.3, -0.25) is 4.79 Å². The molecule has 1 unspecified atom stereocenters. The van der Waals surface area contributed by atoms with Gasteiger partial charge < -0.3 is 9.84 Å². The first-order chi connectivity index (χ1) is 9.28. The van der Waals surface area contributed by atoms with Crippen molar-refractivity contribution >= 4 is 17.5 Å². The molecule has 1 N–H and O–H groups in total. The van der Waals surface area contributed by atoms with Crippen LogP contribution in [0.1, 0.15) is 17.7 Å². The number of alkyl halides is 3. The summed E-state index contributed by atoms with van der Waals surface area (Å²) in [6, 6.07) is 5.25. The summed E-state index contributed by atoms with van der Waals surface area (Å²) in [6.45, 7) is 1.37. The van der Waals surface area contributed by atoms with Gasteiger partial charge >= 0.3 is 6.36 Å². The number of aliphatic hydroxyl groups is 1. The highest BCUT2D eigenvalue weighted by Crippen LogP contribution is 2.43. The highest BCUT2D eigenvalue weighted by atomic mass is 32.2. The van der Waals surface area contributed by atoms with Gasteiger partial charge in [-0.1, -0.05) is 12.1 Å². The first kappa shape index (κ1) is 14.8. The number of hydrogen-bond donors (Lipinski definition) is 1. The Kier molecular flexibility index (Phi) is 3.99. The van der Waals surface area contributed by atoms with Crippen LogP contribution in [0.2, 0.25) is 0 Å². The highest BCUT2D eigenvalue weighted by molar-refractivity contribution is 8.00. The number of halogens is 3. The fourth-order valence-corrected chi connectivity index (χ4v) is 3.19. The van der Waals surface area contributed by atoms with Gasteiger partial charge in [-0.25, -0.2) is 0 Å². The Balaban J connectivity index is 2.18. The lowest BCUT2D eigenvalue weighted by Gasteiger charge is -2.12. The van der Waals surface area contributed by atoms with Crippen molar-refractivity contribution in [1.82, 2.24) is 0 Å². The lowest BCUT2D eigenvalue weighted by molar-refractivity contribution is -0.274. The molecule has 108 valence electrons. The van der Waals surface area contributed by atoms with E-state index in [1.165, 1.54) is 43.0 Å². The first-order valence-corrected chi connectivity index (χ1v) is 6.73. The van der Waals surface area contributed by atoms with Crippen LogP contribution >= 0.6 is 11.8 Å².